The van der Waals surface area contributed by atoms with Crippen LogP contribution >= 0.6 is 11.3 Å². The molecule has 2 aromatic carbocycles. The number of aromatic nitrogens is 1. The maximum Gasteiger partial charge on any atom is 0.282 e. The minimum Gasteiger partial charge on any atom is -0.507 e. The number of rotatable bonds is 5. The Morgan fingerprint density at radius 2 is 1.94 bits per heavy atom. The highest BCUT2D eigenvalue weighted by Crippen LogP contribution is 2.33. The maximum atomic E-state index is 14.4. The van der Waals surface area contributed by atoms with E-state index < -0.39 is 0 Å². The summed E-state index contributed by atoms with van der Waals surface area (Å²) in [6.45, 7) is 2.72. The zero-order chi connectivity index (χ0) is 23.7. The van der Waals surface area contributed by atoms with E-state index in [-0.39, 0.29) is 35.2 Å². The fourth-order valence-electron chi connectivity index (χ4n) is 5.10. The zero-order valence-electron chi connectivity index (χ0n) is 18.7. The van der Waals surface area contributed by atoms with Crippen molar-refractivity contribution in [1.82, 2.24) is 14.8 Å². The summed E-state index contributed by atoms with van der Waals surface area (Å²) in [7, 11) is 0. The average molecular weight is 480 g/mol. The predicted molar refractivity (Wildman–Crippen MR) is 128 cm³/mol. The van der Waals surface area contributed by atoms with E-state index in [9.17, 15) is 19.1 Å². The molecule has 2 fully saturated rings. The highest BCUT2D eigenvalue weighted by molar-refractivity contribution is 7.11. The van der Waals surface area contributed by atoms with Crippen LogP contribution in [0.1, 0.15) is 28.2 Å². The van der Waals surface area contributed by atoms with Crippen LogP contribution < -0.4 is 0 Å². The second kappa shape index (κ2) is 9.64. The molecule has 2 aliphatic rings. The first-order valence-corrected chi connectivity index (χ1v) is 12.4. The highest BCUT2D eigenvalue weighted by atomic mass is 32.1. The molecule has 2 atom stereocenters. The third-order valence-electron chi connectivity index (χ3n) is 6.84. The van der Waals surface area contributed by atoms with Crippen LogP contribution in [0.25, 0.3) is 11.1 Å². The van der Waals surface area contributed by atoms with Crippen LogP contribution in [0.15, 0.2) is 54.0 Å². The van der Waals surface area contributed by atoms with E-state index >= 15 is 0 Å². The number of hydrogen-bond donors (Lipinski definition) is 1. The van der Waals surface area contributed by atoms with E-state index in [4.69, 9.17) is 0 Å². The van der Waals surface area contributed by atoms with Gasteiger partial charge in [0, 0.05) is 61.7 Å². The van der Waals surface area contributed by atoms with Crippen molar-refractivity contribution in [1.29, 1.82) is 0 Å². The summed E-state index contributed by atoms with van der Waals surface area (Å²) in [4.78, 5) is 33.6. The van der Waals surface area contributed by atoms with Gasteiger partial charge in [-0.1, -0.05) is 24.3 Å². The van der Waals surface area contributed by atoms with Gasteiger partial charge in [0.1, 0.15) is 17.3 Å². The monoisotopic (exact) mass is 479 g/mol. The summed E-state index contributed by atoms with van der Waals surface area (Å²) in [5.41, 5.74) is 1.94. The number of benzene rings is 2. The number of amides is 1. The number of para-hydroxylation sites is 1. The molecule has 1 aromatic heterocycles. The summed E-state index contributed by atoms with van der Waals surface area (Å²) >= 11 is 1.35. The number of hydrogen-bond acceptors (Lipinski definition) is 6. The second-order valence-corrected chi connectivity index (χ2v) is 9.89. The first-order chi connectivity index (χ1) is 16.5. The summed E-state index contributed by atoms with van der Waals surface area (Å²) in [6.07, 6.45) is 3.35. The Hall–Kier alpha value is -3.10. The Morgan fingerprint density at radius 3 is 2.68 bits per heavy atom. The minimum atomic E-state index is -0.376. The largest absolute Gasteiger partial charge is 0.507 e. The highest BCUT2D eigenvalue weighted by Gasteiger charge is 2.37. The van der Waals surface area contributed by atoms with Crippen LogP contribution in [0.2, 0.25) is 0 Å². The standard InChI is InChI=1S/C26H26FN3O3S/c27-20-13-17(11-18(14-20)22-3-1-2-4-23(22)31)12-19-15-21(16-24(19)32)29-6-8-30(9-7-29)26(33)25-28-5-10-34-25/h1-5,10-11,13-14,19,21,31H,6-9,12,15-16H2. The van der Waals surface area contributed by atoms with Gasteiger partial charge in [0.25, 0.3) is 5.91 Å². The molecule has 0 spiro atoms. The van der Waals surface area contributed by atoms with E-state index in [0.717, 1.165) is 25.1 Å². The number of halogens is 1. The molecule has 6 nitrogen and oxygen atoms in total. The van der Waals surface area contributed by atoms with Crippen molar-refractivity contribution in [3.05, 3.63) is 70.4 Å². The normalized spacial score (nSPS) is 21.2. The fraction of sp³-hybridized carbons (Fsp3) is 0.346. The number of Topliss-reactive ketones (excluding diaryl/α,β-unsaturated/α-hetero) is 1. The zero-order valence-corrected chi connectivity index (χ0v) is 19.5. The fourth-order valence-corrected chi connectivity index (χ4v) is 5.70. The first kappa shape index (κ1) is 22.7. The van der Waals surface area contributed by atoms with E-state index in [1.54, 1.807) is 35.8 Å². The van der Waals surface area contributed by atoms with Crippen LogP contribution in [-0.2, 0) is 11.2 Å². The molecule has 5 rings (SSSR count). The summed E-state index contributed by atoms with van der Waals surface area (Å²) in [5, 5.41) is 12.5. The molecule has 176 valence electrons. The van der Waals surface area contributed by atoms with Crippen molar-refractivity contribution in [3.63, 3.8) is 0 Å². The Morgan fingerprint density at radius 1 is 1.15 bits per heavy atom. The van der Waals surface area contributed by atoms with E-state index in [1.165, 1.54) is 23.5 Å². The number of nitrogens with zero attached hydrogens (tertiary/aromatic N) is 3. The predicted octanol–water partition coefficient (Wildman–Crippen LogP) is 4.00. The topological polar surface area (TPSA) is 73.7 Å². The molecule has 1 saturated heterocycles. The van der Waals surface area contributed by atoms with Crippen molar-refractivity contribution in [2.45, 2.75) is 25.3 Å². The molecule has 3 aromatic rings. The van der Waals surface area contributed by atoms with Crippen LogP contribution in [0, 0.1) is 11.7 Å². The number of phenolic OH excluding ortho intramolecular Hbond substituents is 1. The Balaban J connectivity index is 1.22. The maximum absolute atomic E-state index is 14.4. The van der Waals surface area contributed by atoms with E-state index in [0.29, 0.717) is 42.1 Å². The Labute approximate surface area is 201 Å². The third kappa shape index (κ3) is 4.74. The average Bonchev–Trinajstić information content (AvgIpc) is 3.49. The van der Waals surface area contributed by atoms with Gasteiger partial charge in [0.2, 0.25) is 0 Å². The molecule has 34 heavy (non-hydrogen) atoms. The molecule has 1 N–H and O–H groups in total. The number of carbonyl (C=O) groups excluding carboxylic acids is 2. The molecule has 1 aliphatic carbocycles. The number of ketones is 1. The van der Waals surface area contributed by atoms with Crippen LogP contribution in [0.5, 0.6) is 5.75 Å². The lowest BCUT2D eigenvalue weighted by Gasteiger charge is -2.37. The Bertz CT molecular complexity index is 1190. The Kier molecular flexibility index (Phi) is 6.43. The van der Waals surface area contributed by atoms with Gasteiger partial charge in [-0.3, -0.25) is 14.5 Å². The van der Waals surface area contributed by atoms with Gasteiger partial charge in [-0.05, 0) is 42.2 Å². The second-order valence-electron chi connectivity index (χ2n) is 8.99. The molecular formula is C26H26FN3O3S. The van der Waals surface area contributed by atoms with E-state index in [2.05, 4.69) is 9.88 Å². The van der Waals surface area contributed by atoms with Gasteiger partial charge in [-0.15, -0.1) is 11.3 Å². The number of piperazine rings is 1. The van der Waals surface area contributed by atoms with Gasteiger partial charge in [0.15, 0.2) is 5.01 Å². The summed E-state index contributed by atoms with van der Waals surface area (Å²) < 4.78 is 14.4. The lowest BCUT2D eigenvalue weighted by atomic mass is 9.94. The molecule has 1 saturated carbocycles. The van der Waals surface area contributed by atoms with E-state index in [1.807, 2.05) is 11.0 Å². The van der Waals surface area contributed by atoms with Gasteiger partial charge in [-0.25, -0.2) is 9.37 Å². The van der Waals surface area contributed by atoms with Crippen molar-refractivity contribution in [3.8, 4) is 16.9 Å². The first-order valence-electron chi connectivity index (χ1n) is 11.5. The minimum absolute atomic E-state index is 0.0265. The van der Waals surface area contributed by atoms with Crippen LogP contribution in [0.4, 0.5) is 4.39 Å². The molecule has 2 unspecified atom stereocenters. The third-order valence-corrected chi connectivity index (χ3v) is 7.60. The lowest BCUT2D eigenvalue weighted by molar-refractivity contribution is -0.120. The molecule has 0 bridgehead atoms. The van der Waals surface area contributed by atoms with Gasteiger partial charge < -0.3 is 10.0 Å². The van der Waals surface area contributed by atoms with Gasteiger partial charge >= 0.3 is 0 Å². The molecule has 2 heterocycles. The summed E-state index contributed by atoms with van der Waals surface area (Å²) in [6, 6.07) is 11.8. The van der Waals surface area contributed by atoms with Crippen LogP contribution in [-0.4, -0.2) is 63.8 Å². The van der Waals surface area contributed by atoms with Crippen molar-refractivity contribution in [2.24, 2.45) is 5.92 Å². The van der Waals surface area contributed by atoms with Crippen LogP contribution in [0.3, 0.4) is 0 Å². The quantitative estimate of drug-likeness (QED) is 0.599. The number of phenols is 1. The van der Waals surface area contributed by atoms with Gasteiger partial charge in [0.05, 0.1) is 0 Å². The molecule has 8 heteroatoms. The number of carbonyl (C=O) groups is 2. The van der Waals surface area contributed by atoms with Crippen molar-refractivity contribution < 1.29 is 19.1 Å². The van der Waals surface area contributed by atoms with Gasteiger partial charge in [-0.2, -0.15) is 0 Å². The smallest absolute Gasteiger partial charge is 0.282 e. The van der Waals surface area contributed by atoms with Crippen molar-refractivity contribution in [2.75, 3.05) is 26.2 Å². The van der Waals surface area contributed by atoms with Crippen molar-refractivity contribution >= 4 is 23.0 Å². The number of thiazole rings is 1. The lowest BCUT2D eigenvalue weighted by Crippen LogP contribution is -2.51. The SMILES string of the molecule is O=C1CC(N2CCN(C(=O)c3nccs3)CC2)CC1Cc1cc(F)cc(-c2ccccc2O)c1. The molecular weight excluding hydrogens is 453 g/mol. The number of aromatic hydroxyl groups is 1. The summed E-state index contributed by atoms with van der Waals surface area (Å²) in [5.74, 6) is -0.248. The molecule has 1 aliphatic heterocycles. The molecule has 1 amide bonds. The molecule has 0 radical (unpaired) electrons.